The zero-order valence-electron chi connectivity index (χ0n) is 10.7. The van der Waals surface area contributed by atoms with Crippen molar-refractivity contribution in [1.82, 2.24) is 0 Å². The molecule has 0 rings (SSSR count). The van der Waals surface area contributed by atoms with E-state index in [4.69, 9.17) is 4.74 Å². The number of rotatable bonds is 7. The largest absolute Gasteiger partial charge is 0.484 e. The normalized spacial score (nSPS) is 13.6. The number of hydrogen-bond donors (Lipinski definition) is 0. The van der Waals surface area contributed by atoms with Gasteiger partial charge >= 0.3 is 5.70 Å². The van der Waals surface area contributed by atoms with Gasteiger partial charge < -0.3 is 4.74 Å². The Bertz CT molecular complexity index is 374. The highest BCUT2D eigenvalue weighted by atomic mass is 19.3. The Morgan fingerprint density at radius 1 is 1.50 bits per heavy atom. The number of nitro groups is 1. The molecule has 0 aromatic rings. The van der Waals surface area contributed by atoms with Crippen LogP contribution >= 0.6 is 0 Å². The molecule has 6 heteroatoms. The average molecular weight is 261 g/mol. The van der Waals surface area contributed by atoms with Crippen molar-refractivity contribution in [3.63, 3.8) is 0 Å². The van der Waals surface area contributed by atoms with Crippen LogP contribution in [0.2, 0.25) is 0 Å². The van der Waals surface area contributed by atoms with Crippen LogP contribution < -0.4 is 0 Å². The minimum atomic E-state index is -2.67. The Morgan fingerprint density at radius 2 is 2.06 bits per heavy atom. The van der Waals surface area contributed by atoms with Crippen LogP contribution in [0.1, 0.15) is 27.2 Å². The van der Waals surface area contributed by atoms with Crippen molar-refractivity contribution in [2.75, 3.05) is 0 Å². The monoisotopic (exact) mass is 261 g/mol. The average Bonchev–Trinajstić information content (AvgIpc) is 2.24. The van der Waals surface area contributed by atoms with Crippen molar-refractivity contribution in [1.29, 1.82) is 0 Å². The first-order chi connectivity index (χ1) is 8.33. The highest BCUT2D eigenvalue weighted by molar-refractivity contribution is 5.27. The smallest absolute Gasteiger partial charge is 0.310 e. The van der Waals surface area contributed by atoms with Crippen LogP contribution in [0.5, 0.6) is 0 Å². The van der Waals surface area contributed by atoms with Crippen molar-refractivity contribution >= 4 is 0 Å². The standard InChI is InChI=1S/C12H17F2NO3/c1-5-9(12(13)14)7-11(18-8(3)4)10(6-2)15(16)17/h6-8,12H,2,5H2,1,3-4H3/b9-7+,11-10-. The van der Waals surface area contributed by atoms with E-state index in [1.165, 1.54) is 0 Å². The van der Waals surface area contributed by atoms with E-state index in [0.29, 0.717) is 0 Å². The van der Waals surface area contributed by atoms with Crippen LogP contribution in [0.4, 0.5) is 8.78 Å². The molecule has 0 aliphatic carbocycles. The van der Waals surface area contributed by atoms with Gasteiger partial charge in [0, 0.05) is 6.08 Å². The van der Waals surface area contributed by atoms with Crippen molar-refractivity contribution in [3.05, 3.63) is 45.9 Å². The van der Waals surface area contributed by atoms with Gasteiger partial charge in [-0.05, 0) is 31.9 Å². The van der Waals surface area contributed by atoms with E-state index in [9.17, 15) is 18.9 Å². The highest BCUT2D eigenvalue weighted by Gasteiger charge is 2.19. The molecule has 0 bridgehead atoms. The molecule has 0 fully saturated rings. The van der Waals surface area contributed by atoms with Crippen LogP contribution in [-0.4, -0.2) is 17.5 Å². The van der Waals surface area contributed by atoms with E-state index >= 15 is 0 Å². The van der Waals surface area contributed by atoms with Crippen molar-refractivity contribution in [2.24, 2.45) is 0 Å². The van der Waals surface area contributed by atoms with E-state index < -0.39 is 17.0 Å². The van der Waals surface area contributed by atoms with Gasteiger partial charge in [-0.3, -0.25) is 10.1 Å². The second kappa shape index (κ2) is 7.58. The molecule has 0 aliphatic rings. The molecule has 0 N–H and O–H groups in total. The summed E-state index contributed by atoms with van der Waals surface area (Å²) in [5.41, 5.74) is -0.637. The lowest BCUT2D eigenvalue weighted by molar-refractivity contribution is -0.422. The van der Waals surface area contributed by atoms with E-state index in [0.717, 1.165) is 12.2 Å². The SMILES string of the molecule is C=C/C(=C(\C=C(/CC)C(F)F)OC(C)C)[N+](=O)[O-]. The lowest BCUT2D eigenvalue weighted by Crippen LogP contribution is -2.09. The maximum absolute atomic E-state index is 12.6. The third kappa shape index (κ3) is 5.07. The lowest BCUT2D eigenvalue weighted by atomic mass is 10.1. The number of allylic oxidation sites excluding steroid dienone is 3. The Kier molecular flexibility index (Phi) is 6.85. The molecule has 0 aromatic carbocycles. The van der Waals surface area contributed by atoms with E-state index in [2.05, 4.69) is 6.58 Å². The molecule has 0 saturated heterocycles. The van der Waals surface area contributed by atoms with Gasteiger partial charge in [0.05, 0.1) is 11.0 Å². The van der Waals surface area contributed by atoms with Gasteiger partial charge in [-0.15, -0.1) is 0 Å². The number of hydrogen-bond acceptors (Lipinski definition) is 3. The number of ether oxygens (including phenoxy) is 1. The predicted octanol–water partition coefficient (Wildman–Crippen LogP) is 3.69. The molecular weight excluding hydrogens is 244 g/mol. The van der Waals surface area contributed by atoms with Crippen LogP contribution in [0.3, 0.4) is 0 Å². The fourth-order valence-electron chi connectivity index (χ4n) is 1.18. The Labute approximate surface area is 105 Å². The maximum Gasteiger partial charge on any atom is 0.310 e. The second-order valence-electron chi connectivity index (χ2n) is 3.75. The Morgan fingerprint density at radius 3 is 2.33 bits per heavy atom. The minimum absolute atomic E-state index is 0.0881. The Balaban J connectivity index is 5.62. The highest BCUT2D eigenvalue weighted by Crippen LogP contribution is 2.20. The fraction of sp³-hybridized carbons (Fsp3) is 0.500. The second-order valence-corrected chi connectivity index (χ2v) is 3.75. The molecule has 0 spiro atoms. The van der Waals surface area contributed by atoms with Gasteiger partial charge in [-0.1, -0.05) is 13.5 Å². The van der Waals surface area contributed by atoms with Crippen molar-refractivity contribution in [2.45, 2.75) is 39.7 Å². The molecule has 0 atom stereocenters. The topological polar surface area (TPSA) is 52.4 Å². The van der Waals surface area contributed by atoms with E-state index in [1.54, 1.807) is 20.8 Å². The van der Waals surface area contributed by atoms with Crippen LogP contribution in [0.25, 0.3) is 0 Å². The van der Waals surface area contributed by atoms with Crippen molar-refractivity contribution < 1.29 is 18.4 Å². The van der Waals surface area contributed by atoms with Gasteiger partial charge in [0.15, 0.2) is 5.76 Å². The predicted molar refractivity (Wildman–Crippen MR) is 64.8 cm³/mol. The molecule has 4 nitrogen and oxygen atoms in total. The molecule has 18 heavy (non-hydrogen) atoms. The summed E-state index contributed by atoms with van der Waals surface area (Å²) in [5.74, 6) is -0.192. The molecular formula is C12H17F2NO3. The van der Waals surface area contributed by atoms with Crippen LogP contribution in [0.15, 0.2) is 35.8 Å². The van der Waals surface area contributed by atoms with Crippen LogP contribution in [-0.2, 0) is 4.74 Å². The molecule has 102 valence electrons. The minimum Gasteiger partial charge on any atom is -0.484 e. The molecule has 0 unspecified atom stereocenters. The van der Waals surface area contributed by atoms with E-state index in [1.807, 2.05) is 0 Å². The van der Waals surface area contributed by atoms with Crippen LogP contribution in [0, 0.1) is 10.1 Å². The third-order valence-corrected chi connectivity index (χ3v) is 2.01. The summed E-state index contributed by atoms with van der Waals surface area (Å²) in [6.07, 6.45) is -0.942. The summed E-state index contributed by atoms with van der Waals surface area (Å²) in [7, 11) is 0. The van der Waals surface area contributed by atoms with Gasteiger partial charge in [0.1, 0.15) is 0 Å². The molecule has 0 aliphatic heterocycles. The van der Waals surface area contributed by atoms with E-state index in [-0.39, 0.29) is 23.9 Å². The fourth-order valence-corrected chi connectivity index (χ4v) is 1.18. The summed E-state index contributed by atoms with van der Waals surface area (Å²) in [4.78, 5) is 10.1. The summed E-state index contributed by atoms with van der Waals surface area (Å²) in [5, 5.41) is 10.8. The number of alkyl halides is 2. The third-order valence-electron chi connectivity index (χ3n) is 2.01. The quantitative estimate of drug-likeness (QED) is 0.304. The molecule has 0 saturated carbocycles. The zero-order chi connectivity index (χ0) is 14.3. The molecule has 0 heterocycles. The van der Waals surface area contributed by atoms with Gasteiger partial charge in [-0.25, -0.2) is 8.78 Å². The molecule has 0 amide bonds. The summed E-state index contributed by atoms with van der Waals surface area (Å²) >= 11 is 0. The van der Waals surface area contributed by atoms with Gasteiger partial charge in [0.25, 0.3) is 6.43 Å². The molecule has 0 radical (unpaired) electrons. The number of halogens is 2. The van der Waals surface area contributed by atoms with Gasteiger partial charge in [-0.2, -0.15) is 0 Å². The first-order valence-electron chi connectivity index (χ1n) is 5.49. The summed E-state index contributed by atoms with van der Waals surface area (Å²) in [6.45, 7) is 8.15. The molecule has 0 aromatic heterocycles. The zero-order valence-corrected chi connectivity index (χ0v) is 10.7. The summed E-state index contributed by atoms with van der Waals surface area (Å²) in [6, 6.07) is 0. The lowest BCUT2D eigenvalue weighted by Gasteiger charge is -2.12. The summed E-state index contributed by atoms with van der Waals surface area (Å²) < 4.78 is 30.5. The van der Waals surface area contributed by atoms with Gasteiger partial charge in [0.2, 0.25) is 0 Å². The maximum atomic E-state index is 12.6. The Hall–Kier alpha value is -1.72. The number of nitrogens with zero attached hydrogens (tertiary/aromatic N) is 1. The first-order valence-corrected chi connectivity index (χ1v) is 5.49. The van der Waals surface area contributed by atoms with Crippen molar-refractivity contribution in [3.8, 4) is 0 Å². The first kappa shape index (κ1) is 16.3.